The van der Waals surface area contributed by atoms with Crippen molar-refractivity contribution in [3.8, 4) is 0 Å². The third kappa shape index (κ3) is 3.86. The SMILES string of the molecule is CC(C)OCCNC(=O)c1cccnc1N. The number of ether oxygens (including phenoxy) is 1. The van der Waals surface area contributed by atoms with Gasteiger partial charge in [0.25, 0.3) is 5.91 Å². The van der Waals surface area contributed by atoms with E-state index < -0.39 is 0 Å². The van der Waals surface area contributed by atoms with Crippen LogP contribution < -0.4 is 11.1 Å². The van der Waals surface area contributed by atoms with E-state index in [1.807, 2.05) is 13.8 Å². The molecular weight excluding hydrogens is 206 g/mol. The number of nitrogens with two attached hydrogens (primary N) is 1. The van der Waals surface area contributed by atoms with Gasteiger partial charge in [0.2, 0.25) is 0 Å². The van der Waals surface area contributed by atoms with E-state index in [9.17, 15) is 4.79 Å². The molecule has 0 aliphatic heterocycles. The normalized spacial score (nSPS) is 10.4. The summed E-state index contributed by atoms with van der Waals surface area (Å²) in [6.07, 6.45) is 1.72. The molecule has 0 saturated carbocycles. The highest BCUT2D eigenvalue weighted by Crippen LogP contribution is 2.05. The summed E-state index contributed by atoms with van der Waals surface area (Å²) >= 11 is 0. The molecule has 0 radical (unpaired) electrons. The highest BCUT2D eigenvalue weighted by molar-refractivity contribution is 5.98. The highest BCUT2D eigenvalue weighted by Gasteiger charge is 2.08. The van der Waals surface area contributed by atoms with Gasteiger partial charge in [-0.2, -0.15) is 0 Å². The number of pyridine rings is 1. The fourth-order valence-electron chi connectivity index (χ4n) is 1.16. The van der Waals surface area contributed by atoms with E-state index >= 15 is 0 Å². The van der Waals surface area contributed by atoms with E-state index in [-0.39, 0.29) is 17.8 Å². The average Bonchev–Trinajstić information content (AvgIpc) is 2.24. The highest BCUT2D eigenvalue weighted by atomic mass is 16.5. The van der Waals surface area contributed by atoms with Gasteiger partial charge in [0.05, 0.1) is 18.3 Å². The van der Waals surface area contributed by atoms with E-state index in [1.54, 1.807) is 18.3 Å². The van der Waals surface area contributed by atoms with Gasteiger partial charge in [-0.15, -0.1) is 0 Å². The van der Waals surface area contributed by atoms with Crippen molar-refractivity contribution in [3.63, 3.8) is 0 Å². The van der Waals surface area contributed by atoms with Crippen LogP contribution in [0, 0.1) is 0 Å². The number of anilines is 1. The Morgan fingerprint density at radius 2 is 2.38 bits per heavy atom. The van der Waals surface area contributed by atoms with Gasteiger partial charge < -0.3 is 15.8 Å². The van der Waals surface area contributed by atoms with Gasteiger partial charge in [-0.25, -0.2) is 4.98 Å². The number of carbonyl (C=O) groups is 1. The summed E-state index contributed by atoms with van der Waals surface area (Å²) in [5.74, 6) is 0.0164. The molecule has 0 fully saturated rings. The van der Waals surface area contributed by atoms with Gasteiger partial charge in [0, 0.05) is 12.7 Å². The lowest BCUT2D eigenvalue weighted by molar-refractivity contribution is 0.0747. The van der Waals surface area contributed by atoms with E-state index in [0.29, 0.717) is 18.7 Å². The van der Waals surface area contributed by atoms with Crippen molar-refractivity contribution in [3.05, 3.63) is 23.9 Å². The van der Waals surface area contributed by atoms with Gasteiger partial charge in [-0.3, -0.25) is 4.79 Å². The second-order valence-corrected chi connectivity index (χ2v) is 3.61. The first-order valence-corrected chi connectivity index (χ1v) is 5.21. The van der Waals surface area contributed by atoms with Crippen molar-refractivity contribution in [1.29, 1.82) is 0 Å². The van der Waals surface area contributed by atoms with Crippen LogP contribution in [0.4, 0.5) is 5.82 Å². The minimum Gasteiger partial charge on any atom is -0.383 e. The molecule has 0 aliphatic rings. The first-order valence-electron chi connectivity index (χ1n) is 5.21. The predicted molar refractivity (Wildman–Crippen MR) is 62.1 cm³/mol. The summed E-state index contributed by atoms with van der Waals surface area (Å²) in [5.41, 5.74) is 5.97. The number of nitrogen functional groups attached to an aromatic ring is 1. The Morgan fingerprint density at radius 1 is 1.62 bits per heavy atom. The van der Waals surface area contributed by atoms with Crippen LogP contribution in [0.2, 0.25) is 0 Å². The van der Waals surface area contributed by atoms with E-state index in [4.69, 9.17) is 10.5 Å². The van der Waals surface area contributed by atoms with Gasteiger partial charge in [0.1, 0.15) is 5.82 Å². The lowest BCUT2D eigenvalue weighted by atomic mass is 10.2. The van der Waals surface area contributed by atoms with Crippen molar-refractivity contribution in [1.82, 2.24) is 10.3 Å². The molecule has 5 heteroatoms. The molecule has 0 aromatic carbocycles. The molecule has 1 amide bonds. The Balaban J connectivity index is 2.39. The second kappa shape index (κ2) is 6.07. The van der Waals surface area contributed by atoms with Crippen molar-refractivity contribution in [2.75, 3.05) is 18.9 Å². The molecule has 1 heterocycles. The number of carbonyl (C=O) groups excluding carboxylic acids is 1. The fourth-order valence-corrected chi connectivity index (χ4v) is 1.16. The number of nitrogens with one attached hydrogen (secondary N) is 1. The average molecular weight is 223 g/mol. The summed E-state index contributed by atoms with van der Waals surface area (Å²) in [6.45, 7) is 4.84. The summed E-state index contributed by atoms with van der Waals surface area (Å²) in [5, 5.41) is 2.71. The van der Waals surface area contributed by atoms with Crippen LogP contribution in [0.1, 0.15) is 24.2 Å². The predicted octanol–water partition coefficient (Wildman–Crippen LogP) is 0.819. The number of hydrogen-bond acceptors (Lipinski definition) is 4. The largest absolute Gasteiger partial charge is 0.383 e. The van der Waals surface area contributed by atoms with Gasteiger partial charge in [-0.1, -0.05) is 0 Å². The van der Waals surface area contributed by atoms with Crippen molar-refractivity contribution < 1.29 is 9.53 Å². The standard InChI is InChI=1S/C11H17N3O2/c1-8(2)16-7-6-14-11(15)9-4-3-5-13-10(9)12/h3-5,8H,6-7H2,1-2H3,(H2,12,13)(H,14,15). The molecule has 1 aromatic rings. The second-order valence-electron chi connectivity index (χ2n) is 3.61. The Bertz CT molecular complexity index is 353. The Hall–Kier alpha value is -1.62. The molecule has 0 atom stereocenters. The monoisotopic (exact) mass is 223 g/mol. The first kappa shape index (κ1) is 12.4. The molecule has 1 rings (SSSR count). The molecule has 0 unspecified atom stereocenters. The molecule has 5 nitrogen and oxygen atoms in total. The molecule has 0 bridgehead atoms. The Kier molecular flexibility index (Phi) is 4.72. The lowest BCUT2D eigenvalue weighted by Crippen LogP contribution is -2.28. The maximum Gasteiger partial charge on any atom is 0.255 e. The van der Waals surface area contributed by atoms with Gasteiger partial charge in [0.15, 0.2) is 0 Å². The van der Waals surface area contributed by atoms with Crippen LogP contribution in [0.25, 0.3) is 0 Å². The quantitative estimate of drug-likeness (QED) is 0.724. The molecule has 16 heavy (non-hydrogen) atoms. The van der Waals surface area contributed by atoms with Crippen LogP contribution in [0.15, 0.2) is 18.3 Å². The summed E-state index contributed by atoms with van der Waals surface area (Å²) in [6, 6.07) is 3.32. The van der Waals surface area contributed by atoms with Crippen molar-refractivity contribution in [2.24, 2.45) is 0 Å². The number of aromatic nitrogens is 1. The molecule has 3 N–H and O–H groups in total. The van der Waals surface area contributed by atoms with E-state index in [1.165, 1.54) is 0 Å². The van der Waals surface area contributed by atoms with Crippen LogP contribution in [0.5, 0.6) is 0 Å². The van der Waals surface area contributed by atoms with Crippen molar-refractivity contribution in [2.45, 2.75) is 20.0 Å². The maximum atomic E-state index is 11.6. The third-order valence-electron chi connectivity index (χ3n) is 1.92. The zero-order valence-corrected chi connectivity index (χ0v) is 9.56. The first-order chi connectivity index (χ1) is 7.61. The fraction of sp³-hybridized carbons (Fsp3) is 0.455. The van der Waals surface area contributed by atoms with Gasteiger partial charge >= 0.3 is 0 Å². The van der Waals surface area contributed by atoms with E-state index in [0.717, 1.165) is 0 Å². The third-order valence-corrected chi connectivity index (χ3v) is 1.92. The molecule has 0 aliphatic carbocycles. The van der Waals surface area contributed by atoms with Crippen molar-refractivity contribution >= 4 is 11.7 Å². The zero-order valence-electron chi connectivity index (χ0n) is 9.56. The van der Waals surface area contributed by atoms with Crippen LogP contribution in [-0.4, -0.2) is 30.1 Å². The molecule has 0 spiro atoms. The molecule has 88 valence electrons. The van der Waals surface area contributed by atoms with E-state index in [2.05, 4.69) is 10.3 Å². The number of rotatable bonds is 5. The Labute approximate surface area is 95.0 Å². The Morgan fingerprint density at radius 3 is 3.00 bits per heavy atom. The minimum atomic E-state index is -0.224. The number of nitrogens with zero attached hydrogens (tertiary/aromatic N) is 1. The molecule has 1 aromatic heterocycles. The van der Waals surface area contributed by atoms with Crippen LogP contribution >= 0.6 is 0 Å². The summed E-state index contributed by atoms with van der Waals surface area (Å²) < 4.78 is 5.30. The number of hydrogen-bond donors (Lipinski definition) is 2. The summed E-state index contributed by atoms with van der Waals surface area (Å²) in [4.78, 5) is 15.5. The zero-order chi connectivity index (χ0) is 12.0. The summed E-state index contributed by atoms with van der Waals surface area (Å²) in [7, 11) is 0. The minimum absolute atomic E-state index is 0.167. The topological polar surface area (TPSA) is 77.2 Å². The molecule has 0 saturated heterocycles. The smallest absolute Gasteiger partial charge is 0.255 e. The van der Waals surface area contributed by atoms with Crippen LogP contribution in [0.3, 0.4) is 0 Å². The molecular formula is C11H17N3O2. The maximum absolute atomic E-state index is 11.6. The number of amides is 1. The van der Waals surface area contributed by atoms with Crippen LogP contribution in [-0.2, 0) is 4.74 Å². The lowest BCUT2D eigenvalue weighted by Gasteiger charge is -2.09. The van der Waals surface area contributed by atoms with Gasteiger partial charge in [-0.05, 0) is 26.0 Å².